The zero-order chi connectivity index (χ0) is 19.3. The normalized spacial score (nSPS) is 12.3. The molecule has 26 heavy (non-hydrogen) atoms. The highest BCUT2D eigenvalue weighted by Gasteiger charge is 2.35. The summed E-state index contributed by atoms with van der Waals surface area (Å²) in [7, 11) is 0. The van der Waals surface area contributed by atoms with Gasteiger partial charge in [-0.3, -0.25) is 4.79 Å². The number of halogens is 4. The van der Waals surface area contributed by atoms with Gasteiger partial charge in [-0.25, -0.2) is 4.79 Å². The summed E-state index contributed by atoms with van der Waals surface area (Å²) in [5.41, 5.74) is -1.02. The molecule has 138 valence electrons. The number of ether oxygens (including phenoxy) is 1. The van der Waals surface area contributed by atoms with Gasteiger partial charge in [0.2, 0.25) is 0 Å². The first kappa shape index (κ1) is 19.8. The first-order valence-corrected chi connectivity index (χ1v) is 7.94. The molecule has 0 saturated heterocycles. The summed E-state index contributed by atoms with van der Waals surface area (Å²) in [4.78, 5) is 23.8. The maximum Gasteiger partial charge on any atom is 0.417 e. The predicted octanol–water partition coefficient (Wildman–Crippen LogP) is 4.39. The first-order valence-electron chi connectivity index (χ1n) is 7.56. The molecule has 1 amide bonds. The van der Waals surface area contributed by atoms with Gasteiger partial charge in [-0.05, 0) is 36.8 Å². The van der Waals surface area contributed by atoms with Crippen LogP contribution in [-0.2, 0) is 15.7 Å². The van der Waals surface area contributed by atoms with E-state index < -0.39 is 41.8 Å². The van der Waals surface area contributed by atoms with Crippen LogP contribution in [-0.4, -0.2) is 18.5 Å². The van der Waals surface area contributed by atoms with Gasteiger partial charge in [0.05, 0.1) is 17.2 Å². The molecule has 0 aliphatic rings. The minimum absolute atomic E-state index is 0.414. The van der Waals surface area contributed by atoms with Crippen molar-refractivity contribution in [2.45, 2.75) is 19.1 Å². The number of carbonyl (C=O) groups excluding carboxylic acids is 2. The van der Waals surface area contributed by atoms with Gasteiger partial charge in [-0.1, -0.05) is 35.9 Å². The number of rotatable bonds is 5. The van der Waals surface area contributed by atoms with E-state index in [9.17, 15) is 22.8 Å². The van der Waals surface area contributed by atoms with Gasteiger partial charge in [0.15, 0.2) is 6.61 Å². The summed E-state index contributed by atoms with van der Waals surface area (Å²) in [5.74, 6) is -1.86. The Hall–Kier alpha value is -2.54. The van der Waals surface area contributed by atoms with Crippen molar-refractivity contribution in [1.82, 2.24) is 5.32 Å². The van der Waals surface area contributed by atoms with Crippen LogP contribution in [0.3, 0.4) is 0 Å². The Kier molecular flexibility index (Phi) is 6.26. The van der Waals surface area contributed by atoms with E-state index in [0.29, 0.717) is 5.02 Å². The Morgan fingerprint density at radius 1 is 1.15 bits per heavy atom. The van der Waals surface area contributed by atoms with Crippen molar-refractivity contribution >= 4 is 23.5 Å². The van der Waals surface area contributed by atoms with Crippen LogP contribution < -0.4 is 5.32 Å². The summed E-state index contributed by atoms with van der Waals surface area (Å²) in [6.45, 7) is 1.00. The minimum Gasteiger partial charge on any atom is -0.452 e. The number of carbonyl (C=O) groups is 2. The van der Waals surface area contributed by atoms with Crippen molar-refractivity contribution in [3.63, 3.8) is 0 Å². The molecule has 8 heteroatoms. The lowest BCUT2D eigenvalue weighted by molar-refractivity contribution is -0.138. The van der Waals surface area contributed by atoms with Crippen molar-refractivity contribution < 1.29 is 27.5 Å². The lowest BCUT2D eigenvalue weighted by Gasteiger charge is -2.15. The standard InChI is InChI=1S/C18H15ClF3NO3/c1-11(12-5-4-6-13(19)9-12)23-16(24)10-26-17(25)14-7-2-3-8-15(14)18(20,21)22/h2-9,11H,10H2,1H3,(H,23,24)/t11-/m1/s1. The number of esters is 1. The molecule has 0 bridgehead atoms. The lowest BCUT2D eigenvalue weighted by Crippen LogP contribution is -2.31. The zero-order valence-corrected chi connectivity index (χ0v) is 14.4. The van der Waals surface area contributed by atoms with Crippen molar-refractivity contribution in [1.29, 1.82) is 0 Å². The minimum atomic E-state index is -4.70. The molecule has 0 unspecified atom stereocenters. The van der Waals surface area contributed by atoms with Crippen molar-refractivity contribution in [2.75, 3.05) is 6.61 Å². The summed E-state index contributed by atoms with van der Waals surface area (Å²) >= 11 is 5.87. The Morgan fingerprint density at radius 2 is 1.85 bits per heavy atom. The van der Waals surface area contributed by atoms with Crippen molar-refractivity contribution in [3.05, 3.63) is 70.2 Å². The molecule has 0 spiro atoms. The molecule has 0 radical (unpaired) electrons. The molecule has 2 aromatic carbocycles. The monoisotopic (exact) mass is 385 g/mol. The first-order chi connectivity index (χ1) is 12.2. The van der Waals surface area contributed by atoms with Crippen LogP contribution in [0.2, 0.25) is 5.02 Å². The van der Waals surface area contributed by atoms with Crippen molar-refractivity contribution in [2.24, 2.45) is 0 Å². The number of amides is 1. The second kappa shape index (κ2) is 8.23. The second-order valence-electron chi connectivity index (χ2n) is 5.46. The number of hydrogen-bond acceptors (Lipinski definition) is 3. The van der Waals surface area contributed by atoms with Gasteiger partial charge in [-0.2, -0.15) is 13.2 Å². The summed E-state index contributed by atoms with van der Waals surface area (Å²) in [5, 5.41) is 3.08. The van der Waals surface area contributed by atoms with E-state index in [1.807, 2.05) is 0 Å². The summed E-state index contributed by atoms with van der Waals surface area (Å²) in [6.07, 6.45) is -4.70. The van der Waals surface area contributed by atoms with E-state index in [1.165, 1.54) is 12.1 Å². The van der Waals surface area contributed by atoms with Crippen LogP contribution in [0.4, 0.5) is 13.2 Å². The third kappa shape index (κ3) is 5.23. The fourth-order valence-electron chi connectivity index (χ4n) is 2.26. The number of benzene rings is 2. The molecule has 0 fully saturated rings. The Labute approximate surface area is 152 Å². The third-order valence-corrected chi connectivity index (χ3v) is 3.75. The highest BCUT2D eigenvalue weighted by molar-refractivity contribution is 6.30. The van der Waals surface area contributed by atoms with Crippen LogP contribution in [0, 0.1) is 0 Å². The summed E-state index contributed by atoms with van der Waals surface area (Å²) < 4.78 is 43.4. The van der Waals surface area contributed by atoms with Crippen molar-refractivity contribution in [3.8, 4) is 0 Å². The molecule has 2 aromatic rings. The van der Waals surface area contributed by atoms with Gasteiger partial charge in [0.25, 0.3) is 5.91 Å². The fraction of sp³-hybridized carbons (Fsp3) is 0.222. The van der Waals surface area contributed by atoms with E-state index in [4.69, 9.17) is 16.3 Å². The van der Waals surface area contributed by atoms with E-state index in [0.717, 1.165) is 17.7 Å². The molecule has 2 rings (SSSR count). The van der Waals surface area contributed by atoms with Gasteiger partial charge in [-0.15, -0.1) is 0 Å². The molecule has 0 aromatic heterocycles. The van der Waals surface area contributed by atoms with Gasteiger partial charge < -0.3 is 10.1 Å². The number of nitrogens with one attached hydrogen (secondary N) is 1. The Balaban J connectivity index is 1.96. The molecular formula is C18H15ClF3NO3. The van der Waals surface area contributed by atoms with Gasteiger partial charge >= 0.3 is 12.1 Å². The lowest BCUT2D eigenvalue weighted by atomic mass is 10.1. The Morgan fingerprint density at radius 3 is 2.50 bits per heavy atom. The molecular weight excluding hydrogens is 371 g/mol. The Bertz CT molecular complexity index is 808. The van der Waals surface area contributed by atoms with E-state index >= 15 is 0 Å². The average molecular weight is 386 g/mol. The average Bonchev–Trinajstić information content (AvgIpc) is 2.59. The summed E-state index contributed by atoms with van der Waals surface area (Å²) in [6, 6.07) is 10.6. The second-order valence-corrected chi connectivity index (χ2v) is 5.90. The predicted molar refractivity (Wildman–Crippen MR) is 89.7 cm³/mol. The van der Waals surface area contributed by atoms with Crippen LogP contribution in [0.5, 0.6) is 0 Å². The molecule has 1 atom stereocenters. The van der Waals surface area contributed by atoms with Gasteiger partial charge in [0, 0.05) is 5.02 Å². The number of alkyl halides is 3. The van der Waals surface area contributed by atoms with E-state index in [1.54, 1.807) is 31.2 Å². The van der Waals surface area contributed by atoms with Crippen LogP contribution >= 0.6 is 11.6 Å². The SMILES string of the molecule is C[C@@H](NC(=O)COC(=O)c1ccccc1C(F)(F)F)c1cccc(Cl)c1. The molecule has 0 saturated carbocycles. The molecule has 0 aliphatic carbocycles. The topological polar surface area (TPSA) is 55.4 Å². The molecule has 4 nitrogen and oxygen atoms in total. The largest absolute Gasteiger partial charge is 0.452 e. The number of hydrogen-bond donors (Lipinski definition) is 1. The fourth-order valence-corrected chi connectivity index (χ4v) is 2.46. The quantitative estimate of drug-likeness (QED) is 0.776. The highest BCUT2D eigenvalue weighted by atomic mass is 35.5. The molecule has 1 N–H and O–H groups in total. The zero-order valence-electron chi connectivity index (χ0n) is 13.6. The maximum absolute atomic E-state index is 12.9. The maximum atomic E-state index is 12.9. The highest BCUT2D eigenvalue weighted by Crippen LogP contribution is 2.32. The van der Waals surface area contributed by atoms with E-state index in [-0.39, 0.29) is 0 Å². The van der Waals surface area contributed by atoms with Crippen LogP contribution in [0.25, 0.3) is 0 Å². The molecule has 0 heterocycles. The molecule has 0 aliphatic heterocycles. The van der Waals surface area contributed by atoms with Gasteiger partial charge in [0.1, 0.15) is 0 Å². The van der Waals surface area contributed by atoms with E-state index in [2.05, 4.69) is 5.32 Å². The third-order valence-electron chi connectivity index (χ3n) is 3.51. The van der Waals surface area contributed by atoms with Crippen LogP contribution in [0.15, 0.2) is 48.5 Å². The smallest absolute Gasteiger partial charge is 0.417 e. The van der Waals surface area contributed by atoms with Crippen LogP contribution in [0.1, 0.15) is 34.5 Å².